The van der Waals surface area contributed by atoms with E-state index in [0.29, 0.717) is 5.56 Å². The molecule has 122 valence electrons. The van der Waals surface area contributed by atoms with Crippen molar-refractivity contribution in [2.75, 3.05) is 7.11 Å². The Balaban J connectivity index is 1.69. The molecular formula is C17H21N3O3. The number of esters is 1. The van der Waals surface area contributed by atoms with Gasteiger partial charge in [-0.25, -0.2) is 14.5 Å². The second-order valence-corrected chi connectivity index (χ2v) is 5.89. The summed E-state index contributed by atoms with van der Waals surface area (Å²) in [6.45, 7) is 1.94. The second kappa shape index (κ2) is 6.91. The number of aryl methyl sites for hydroxylation is 1. The lowest BCUT2D eigenvalue weighted by atomic mass is 9.95. The fraction of sp³-hybridized carbons (Fsp3) is 0.471. The number of methoxy groups -OCH3 is 1. The topological polar surface area (TPSA) is 66.2 Å². The zero-order valence-corrected chi connectivity index (χ0v) is 13.4. The minimum absolute atomic E-state index is 0.0588. The predicted molar refractivity (Wildman–Crippen MR) is 84.6 cm³/mol. The maximum absolute atomic E-state index is 12.4. The molecule has 0 unspecified atom stereocenters. The van der Waals surface area contributed by atoms with Crippen LogP contribution in [0.1, 0.15) is 41.6 Å². The van der Waals surface area contributed by atoms with Crippen LogP contribution in [0.25, 0.3) is 5.69 Å². The average Bonchev–Trinajstić information content (AvgIpc) is 3.09. The van der Waals surface area contributed by atoms with Crippen LogP contribution in [-0.4, -0.2) is 40.1 Å². The molecule has 0 aliphatic heterocycles. The first-order chi connectivity index (χ1) is 11.2. The first kappa shape index (κ1) is 15.7. The van der Waals surface area contributed by atoms with Crippen LogP contribution in [0.15, 0.2) is 30.9 Å². The lowest BCUT2D eigenvalue weighted by Gasteiger charge is -2.27. The highest BCUT2D eigenvalue weighted by atomic mass is 16.5. The second-order valence-electron chi connectivity index (χ2n) is 5.89. The Labute approximate surface area is 135 Å². The van der Waals surface area contributed by atoms with Crippen LogP contribution in [0.5, 0.6) is 0 Å². The van der Waals surface area contributed by atoms with Crippen LogP contribution in [0.2, 0.25) is 0 Å². The SMILES string of the molecule is CO[C@@H]1CCC[C@@H](OC(=O)c2ccc(-n3cncn3)c(C)c2)C1. The highest BCUT2D eigenvalue weighted by Gasteiger charge is 2.25. The van der Waals surface area contributed by atoms with E-state index in [2.05, 4.69) is 10.1 Å². The van der Waals surface area contributed by atoms with E-state index in [0.717, 1.165) is 36.9 Å². The van der Waals surface area contributed by atoms with Crippen molar-refractivity contribution in [3.05, 3.63) is 42.0 Å². The molecule has 6 nitrogen and oxygen atoms in total. The summed E-state index contributed by atoms with van der Waals surface area (Å²) in [5.74, 6) is -0.278. The minimum atomic E-state index is -0.278. The third kappa shape index (κ3) is 3.59. The van der Waals surface area contributed by atoms with Crippen molar-refractivity contribution in [1.29, 1.82) is 0 Å². The van der Waals surface area contributed by atoms with Crippen molar-refractivity contribution in [2.45, 2.75) is 44.8 Å². The number of ether oxygens (including phenoxy) is 2. The van der Waals surface area contributed by atoms with Gasteiger partial charge in [-0.1, -0.05) is 0 Å². The van der Waals surface area contributed by atoms with E-state index in [4.69, 9.17) is 9.47 Å². The quantitative estimate of drug-likeness (QED) is 0.812. The van der Waals surface area contributed by atoms with Gasteiger partial charge < -0.3 is 9.47 Å². The van der Waals surface area contributed by atoms with Crippen LogP contribution in [-0.2, 0) is 9.47 Å². The van der Waals surface area contributed by atoms with Crippen LogP contribution in [0, 0.1) is 6.92 Å². The van der Waals surface area contributed by atoms with Crippen molar-refractivity contribution >= 4 is 5.97 Å². The molecule has 2 aromatic rings. The molecule has 0 bridgehead atoms. The van der Waals surface area contributed by atoms with Crippen molar-refractivity contribution in [1.82, 2.24) is 14.8 Å². The van der Waals surface area contributed by atoms with Crippen LogP contribution >= 0.6 is 0 Å². The average molecular weight is 315 g/mol. The number of aromatic nitrogens is 3. The van der Waals surface area contributed by atoms with Crippen LogP contribution in [0.3, 0.4) is 0 Å². The van der Waals surface area contributed by atoms with Gasteiger partial charge in [0.1, 0.15) is 18.8 Å². The third-order valence-corrected chi connectivity index (χ3v) is 4.28. The summed E-state index contributed by atoms with van der Waals surface area (Å²) in [5, 5.41) is 4.11. The normalized spacial score (nSPS) is 21.1. The summed E-state index contributed by atoms with van der Waals surface area (Å²) in [4.78, 5) is 16.3. The molecule has 1 aliphatic carbocycles. The van der Waals surface area contributed by atoms with Gasteiger partial charge in [-0.15, -0.1) is 0 Å². The minimum Gasteiger partial charge on any atom is -0.459 e. The molecule has 6 heteroatoms. The summed E-state index contributed by atoms with van der Waals surface area (Å²) in [7, 11) is 1.71. The summed E-state index contributed by atoms with van der Waals surface area (Å²) in [5.41, 5.74) is 2.41. The Morgan fingerprint density at radius 3 is 2.83 bits per heavy atom. The Morgan fingerprint density at radius 1 is 1.30 bits per heavy atom. The van der Waals surface area contributed by atoms with E-state index < -0.39 is 0 Å². The molecule has 3 rings (SSSR count). The van der Waals surface area contributed by atoms with Crippen molar-refractivity contribution < 1.29 is 14.3 Å². The van der Waals surface area contributed by atoms with Crippen LogP contribution in [0.4, 0.5) is 0 Å². The van der Waals surface area contributed by atoms with Gasteiger partial charge in [0.25, 0.3) is 0 Å². The monoisotopic (exact) mass is 315 g/mol. The van der Waals surface area contributed by atoms with Gasteiger partial charge in [0.15, 0.2) is 0 Å². The van der Waals surface area contributed by atoms with Crippen molar-refractivity contribution in [2.24, 2.45) is 0 Å². The number of benzene rings is 1. The highest BCUT2D eigenvalue weighted by Crippen LogP contribution is 2.24. The van der Waals surface area contributed by atoms with E-state index in [-0.39, 0.29) is 18.2 Å². The Hall–Kier alpha value is -2.21. The van der Waals surface area contributed by atoms with E-state index in [1.54, 1.807) is 24.2 Å². The molecule has 23 heavy (non-hydrogen) atoms. The molecule has 0 spiro atoms. The number of hydrogen-bond acceptors (Lipinski definition) is 5. The van der Waals surface area contributed by atoms with Crippen LogP contribution < -0.4 is 0 Å². The standard InChI is InChI=1S/C17H21N3O3/c1-12-8-13(6-7-16(12)20-11-18-10-19-20)17(21)23-15-5-3-4-14(9-15)22-2/h6-8,10-11,14-15H,3-5,9H2,1-2H3/t14-,15-/m1/s1. The zero-order valence-electron chi connectivity index (χ0n) is 13.4. The summed E-state index contributed by atoms with van der Waals surface area (Å²) in [6.07, 6.45) is 7.00. The van der Waals surface area contributed by atoms with Gasteiger partial charge >= 0.3 is 5.97 Å². The Morgan fingerprint density at radius 2 is 2.13 bits per heavy atom. The molecule has 2 atom stereocenters. The summed E-state index contributed by atoms with van der Waals surface area (Å²) < 4.78 is 12.7. The Kier molecular flexibility index (Phi) is 4.71. The maximum Gasteiger partial charge on any atom is 0.338 e. The van der Waals surface area contributed by atoms with Gasteiger partial charge in [0.2, 0.25) is 0 Å². The molecule has 0 N–H and O–H groups in total. The summed E-state index contributed by atoms with van der Waals surface area (Å²) in [6, 6.07) is 5.46. The molecule has 0 amide bonds. The highest BCUT2D eigenvalue weighted by molar-refractivity contribution is 5.90. The maximum atomic E-state index is 12.4. The first-order valence-electron chi connectivity index (χ1n) is 7.87. The largest absolute Gasteiger partial charge is 0.459 e. The number of nitrogens with zero attached hydrogens (tertiary/aromatic N) is 3. The molecule has 1 heterocycles. The Bertz CT molecular complexity index is 670. The molecule has 1 saturated carbocycles. The van der Waals surface area contributed by atoms with Gasteiger partial charge in [0.05, 0.1) is 17.4 Å². The first-order valence-corrected chi connectivity index (χ1v) is 7.87. The molecule has 1 fully saturated rings. The number of carbonyl (C=O) groups is 1. The fourth-order valence-corrected chi connectivity index (χ4v) is 3.01. The van der Waals surface area contributed by atoms with E-state index in [1.807, 2.05) is 19.1 Å². The zero-order chi connectivity index (χ0) is 16.2. The lowest BCUT2D eigenvalue weighted by Crippen LogP contribution is -2.29. The lowest BCUT2D eigenvalue weighted by molar-refractivity contribution is -0.0149. The van der Waals surface area contributed by atoms with Crippen molar-refractivity contribution in [3.63, 3.8) is 0 Å². The molecule has 0 saturated heterocycles. The summed E-state index contributed by atoms with van der Waals surface area (Å²) >= 11 is 0. The van der Waals surface area contributed by atoms with E-state index in [1.165, 1.54) is 6.33 Å². The molecule has 1 aromatic heterocycles. The number of carbonyl (C=O) groups excluding carboxylic acids is 1. The number of rotatable bonds is 4. The van der Waals surface area contributed by atoms with E-state index in [9.17, 15) is 4.79 Å². The van der Waals surface area contributed by atoms with Gasteiger partial charge in [-0.3, -0.25) is 0 Å². The third-order valence-electron chi connectivity index (χ3n) is 4.28. The molecule has 0 radical (unpaired) electrons. The predicted octanol–water partition coefficient (Wildman–Crippen LogP) is 2.69. The van der Waals surface area contributed by atoms with Crippen molar-refractivity contribution in [3.8, 4) is 5.69 Å². The van der Waals surface area contributed by atoms with E-state index >= 15 is 0 Å². The molecule has 1 aromatic carbocycles. The van der Waals surface area contributed by atoms with Gasteiger partial charge in [0, 0.05) is 13.5 Å². The molecule has 1 aliphatic rings. The smallest absolute Gasteiger partial charge is 0.338 e. The van der Waals surface area contributed by atoms with Gasteiger partial charge in [-0.2, -0.15) is 5.10 Å². The fourth-order valence-electron chi connectivity index (χ4n) is 3.01. The molecular weight excluding hydrogens is 294 g/mol. The van der Waals surface area contributed by atoms with Gasteiger partial charge in [-0.05, 0) is 49.9 Å². The number of hydrogen-bond donors (Lipinski definition) is 0.